The number of hydrogen-bond acceptors (Lipinski definition) is 4. The predicted molar refractivity (Wildman–Crippen MR) is 134 cm³/mol. The van der Waals surface area contributed by atoms with Crippen LogP contribution in [0.4, 0.5) is 8.78 Å². The van der Waals surface area contributed by atoms with Crippen molar-refractivity contribution in [1.29, 1.82) is 0 Å². The van der Waals surface area contributed by atoms with Gasteiger partial charge in [-0.2, -0.15) is 13.9 Å². The molecule has 1 aromatic heterocycles. The average Bonchev–Trinajstić information content (AvgIpc) is 3.29. The fourth-order valence-electron chi connectivity index (χ4n) is 3.22. The highest BCUT2D eigenvalue weighted by Crippen LogP contribution is 2.32. The summed E-state index contributed by atoms with van der Waals surface area (Å²) < 4.78 is 37.9. The van der Waals surface area contributed by atoms with E-state index in [1.165, 1.54) is 0 Å². The molecule has 0 aliphatic carbocycles. The lowest BCUT2D eigenvalue weighted by atomic mass is 10.1. The lowest BCUT2D eigenvalue weighted by Gasteiger charge is -2.17. The molecule has 0 bridgehead atoms. The number of nitrogens with zero attached hydrogens (tertiary/aromatic N) is 3. The highest BCUT2D eigenvalue weighted by molar-refractivity contribution is 14.0. The van der Waals surface area contributed by atoms with E-state index in [-0.39, 0.29) is 42.0 Å². The van der Waals surface area contributed by atoms with E-state index in [9.17, 15) is 8.78 Å². The van der Waals surface area contributed by atoms with Gasteiger partial charge in [0.25, 0.3) is 0 Å². The summed E-state index contributed by atoms with van der Waals surface area (Å²) in [6.45, 7) is 0.618. The van der Waals surface area contributed by atoms with Crippen molar-refractivity contribution in [2.24, 2.45) is 4.99 Å². The maximum atomic E-state index is 12.9. The zero-order chi connectivity index (χ0) is 22.8. The van der Waals surface area contributed by atoms with Gasteiger partial charge in [-0.1, -0.05) is 36.4 Å². The van der Waals surface area contributed by atoms with Crippen LogP contribution in [-0.2, 0) is 19.6 Å². The van der Waals surface area contributed by atoms with Gasteiger partial charge in [0.05, 0.1) is 13.2 Å². The van der Waals surface area contributed by atoms with Gasteiger partial charge < -0.3 is 20.1 Å². The smallest absolute Gasteiger partial charge is 0.387 e. The van der Waals surface area contributed by atoms with Crippen LogP contribution in [0.1, 0.15) is 23.6 Å². The molecule has 0 saturated carbocycles. The second-order valence-electron chi connectivity index (χ2n) is 6.81. The van der Waals surface area contributed by atoms with Crippen molar-refractivity contribution in [3.8, 4) is 11.5 Å². The summed E-state index contributed by atoms with van der Waals surface area (Å²) in [6.07, 6.45) is 3.67. The molecule has 0 spiro atoms. The molecule has 7 nitrogen and oxygen atoms in total. The first kappa shape index (κ1) is 26.4. The molecule has 1 heterocycles. The topological polar surface area (TPSA) is 72.7 Å². The molecule has 10 heteroatoms. The molecule has 0 unspecified atom stereocenters. The summed E-state index contributed by atoms with van der Waals surface area (Å²) >= 11 is 0. The minimum Gasteiger partial charge on any atom is -0.490 e. The molecular formula is C23H28F2IN5O2. The number of halogens is 3. The van der Waals surface area contributed by atoms with Gasteiger partial charge in [-0.05, 0) is 30.2 Å². The largest absolute Gasteiger partial charge is 0.490 e. The van der Waals surface area contributed by atoms with Crippen molar-refractivity contribution in [3.05, 3.63) is 77.6 Å². The number of benzene rings is 2. The Morgan fingerprint density at radius 3 is 2.36 bits per heavy atom. The second-order valence-corrected chi connectivity index (χ2v) is 6.81. The summed E-state index contributed by atoms with van der Waals surface area (Å²) in [7, 11) is 1.65. The lowest BCUT2D eigenvalue weighted by Crippen LogP contribution is -2.36. The van der Waals surface area contributed by atoms with Crippen molar-refractivity contribution in [1.82, 2.24) is 20.4 Å². The van der Waals surface area contributed by atoms with Crippen LogP contribution in [-0.4, -0.2) is 36.0 Å². The van der Waals surface area contributed by atoms with E-state index in [2.05, 4.69) is 26.8 Å². The number of alkyl halides is 2. The Bertz CT molecular complexity index is 1020. The SMILES string of the molecule is CCOc1cccc(CNC(=NC)NCc2ccccc2Cn2cccn2)c1OC(F)F.I. The van der Waals surface area contributed by atoms with Crippen LogP contribution in [0.3, 0.4) is 0 Å². The number of nitrogens with one attached hydrogen (secondary N) is 2. The molecule has 2 N–H and O–H groups in total. The number of guanidine groups is 1. The standard InChI is InChI=1S/C23H27F2N5O2.HI/c1-3-31-20-11-6-10-18(21(20)32-22(24)25)15-28-23(26-2)27-14-17-8-4-5-9-19(17)16-30-13-7-12-29-30;/h4-13,22H,3,14-16H2,1-2H3,(H2,26,27,28);1H. The molecular weight excluding hydrogens is 543 g/mol. The second kappa shape index (κ2) is 13.6. The van der Waals surface area contributed by atoms with E-state index in [0.29, 0.717) is 31.2 Å². The Kier molecular flexibility index (Phi) is 10.9. The zero-order valence-corrected chi connectivity index (χ0v) is 20.8. The van der Waals surface area contributed by atoms with Crippen molar-refractivity contribution in [2.45, 2.75) is 33.2 Å². The van der Waals surface area contributed by atoms with Gasteiger partial charge in [0, 0.05) is 38.1 Å². The highest BCUT2D eigenvalue weighted by atomic mass is 127. The summed E-state index contributed by atoms with van der Waals surface area (Å²) in [6, 6.07) is 15.0. The quantitative estimate of drug-likeness (QED) is 0.214. The fourth-order valence-corrected chi connectivity index (χ4v) is 3.22. The summed E-state index contributed by atoms with van der Waals surface area (Å²) in [5, 5.41) is 10.7. The third kappa shape index (κ3) is 7.88. The minimum absolute atomic E-state index is 0. The normalized spacial score (nSPS) is 11.1. The van der Waals surface area contributed by atoms with Crippen molar-refractivity contribution < 1.29 is 18.3 Å². The van der Waals surface area contributed by atoms with Crippen LogP contribution in [0.2, 0.25) is 0 Å². The Morgan fingerprint density at radius 2 is 1.73 bits per heavy atom. The predicted octanol–water partition coefficient (Wildman–Crippen LogP) is 4.41. The molecule has 0 amide bonds. The van der Waals surface area contributed by atoms with Gasteiger partial charge in [-0.25, -0.2) is 0 Å². The molecule has 2 aromatic carbocycles. The Morgan fingerprint density at radius 1 is 1.03 bits per heavy atom. The van der Waals surface area contributed by atoms with Crippen LogP contribution >= 0.6 is 24.0 Å². The zero-order valence-electron chi connectivity index (χ0n) is 18.5. The number of aliphatic imine (C=N–C) groups is 1. The molecule has 0 atom stereocenters. The Hall–Kier alpha value is -2.89. The van der Waals surface area contributed by atoms with E-state index < -0.39 is 6.61 Å². The fraction of sp³-hybridized carbons (Fsp3) is 0.304. The highest BCUT2D eigenvalue weighted by Gasteiger charge is 2.16. The molecule has 0 radical (unpaired) electrons. The van der Waals surface area contributed by atoms with Gasteiger partial charge in [0.15, 0.2) is 17.5 Å². The molecule has 0 saturated heterocycles. The maximum absolute atomic E-state index is 12.9. The van der Waals surface area contributed by atoms with Crippen LogP contribution < -0.4 is 20.1 Å². The maximum Gasteiger partial charge on any atom is 0.387 e. The Balaban J connectivity index is 0.00000385. The van der Waals surface area contributed by atoms with Gasteiger partial charge >= 0.3 is 6.61 Å². The first-order valence-electron chi connectivity index (χ1n) is 10.3. The molecule has 0 aliphatic heterocycles. The van der Waals surface area contributed by atoms with E-state index in [1.807, 2.05) is 35.1 Å². The number of hydrogen-bond donors (Lipinski definition) is 2. The first-order valence-corrected chi connectivity index (χ1v) is 10.3. The number of para-hydroxylation sites is 1. The average molecular weight is 571 g/mol. The number of rotatable bonds is 10. The van der Waals surface area contributed by atoms with Crippen molar-refractivity contribution in [3.63, 3.8) is 0 Å². The number of ether oxygens (including phenoxy) is 2. The third-order valence-electron chi connectivity index (χ3n) is 4.69. The van der Waals surface area contributed by atoms with Gasteiger partial charge in [-0.3, -0.25) is 9.67 Å². The number of aromatic nitrogens is 2. The van der Waals surface area contributed by atoms with Crippen molar-refractivity contribution >= 4 is 29.9 Å². The third-order valence-corrected chi connectivity index (χ3v) is 4.69. The summed E-state index contributed by atoms with van der Waals surface area (Å²) in [5.41, 5.74) is 2.78. The lowest BCUT2D eigenvalue weighted by molar-refractivity contribution is -0.0520. The molecule has 0 aliphatic rings. The van der Waals surface area contributed by atoms with Crippen LogP contribution in [0, 0.1) is 0 Å². The molecule has 0 fully saturated rings. The van der Waals surface area contributed by atoms with Crippen LogP contribution in [0.5, 0.6) is 11.5 Å². The van der Waals surface area contributed by atoms with E-state index in [4.69, 9.17) is 9.47 Å². The van der Waals surface area contributed by atoms with Crippen LogP contribution in [0.15, 0.2) is 65.9 Å². The molecule has 33 heavy (non-hydrogen) atoms. The van der Waals surface area contributed by atoms with E-state index in [0.717, 1.165) is 11.1 Å². The van der Waals surface area contributed by atoms with E-state index in [1.54, 1.807) is 38.4 Å². The molecule has 3 aromatic rings. The van der Waals surface area contributed by atoms with Gasteiger partial charge in [0.2, 0.25) is 0 Å². The van der Waals surface area contributed by atoms with E-state index >= 15 is 0 Å². The minimum atomic E-state index is -2.95. The Labute approximate surface area is 209 Å². The van der Waals surface area contributed by atoms with Gasteiger partial charge in [0.1, 0.15) is 0 Å². The summed E-state index contributed by atoms with van der Waals surface area (Å²) in [4.78, 5) is 4.23. The van der Waals surface area contributed by atoms with Gasteiger partial charge in [-0.15, -0.1) is 24.0 Å². The molecule has 3 rings (SSSR count). The monoisotopic (exact) mass is 571 g/mol. The molecule has 178 valence electrons. The first-order chi connectivity index (χ1) is 15.6. The van der Waals surface area contributed by atoms with Crippen molar-refractivity contribution in [2.75, 3.05) is 13.7 Å². The van der Waals surface area contributed by atoms with Crippen LogP contribution in [0.25, 0.3) is 0 Å². The summed E-state index contributed by atoms with van der Waals surface area (Å²) in [5.74, 6) is 0.836.